The Bertz CT molecular complexity index is 1710. The number of thioether (sulfide) groups is 1. The highest BCUT2D eigenvalue weighted by Crippen LogP contribution is 2.38. The van der Waals surface area contributed by atoms with Crippen LogP contribution in [-0.2, 0) is 11.4 Å². The average Bonchev–Trinajstić information content (AvgIpc) is 3.27. The first-order chi connectivity index (χ1) is 19.2. The molecule has 0 spiro atoms. The molecule has 0 atom stereocenters. The number of carbonyl (C=O) groups excluding carboxylic acids is 1. The van der Waals surface area contributed by atoms with Gasteiger partial charge in [-0.3, -0.25) is 9.69 Å². The maximum absolute atomic E-state index is 13.5. The van der Waals surface area contributed by atoms with Crippen LogP contribution in [0.4, 0.5) is 11.4 Å². The van der Waals surface area contributed by atoms with Gasteiger partial charge in [0.25, 0.3) is 5.91 Å². The number of halogens is 1. The van der Waals surface area contributed by atoms with Crippen LogP contribution < -0.4 is 9.64 Å². The van der Waals surface area contributed by atoms with E-state index in [2.05, 4.69) is 46.3 Å². The van der Waals surface area contributed by atoms with Gasteiger partial charge in [0.1, 0.15) is 12.4 Å². The number of anilines is 1. The summed E-state index contributed by atoms with van der Waals surface area (Å²) < 4.78 is 6.99. The summed E-state index contributed by atoms with van der Waals surface area (Å²) in [6.07, 6.45) is 1.90. The van der Waals surface area contributed by atoms with E-state index in [1.54, 1.807) is 4.90 Å². The quantitative estimate of drug-likeness (QED) is 0.185. The molecule has 0 bridgehead atoms. The highest BCUT2D eigenvalue weighted by Gasteiger charge is 2.34. The summed E-state index contributed by atoms with van der Waals surface area (Å²) in [6.45, 7) is 0.458. The molecule has 190 valence electrons. The second-order valence-electron chi connectivity index (χ2n) is 8.93. The van der Waals surface area contributed by atoms with Gasteiger partial charge in [0.15, 0.2) is 5.17 Å². The SMILES string of the molecule is O=C1/C(=C\c2ccc(OCc3cccc4ccccc34)c(Br)c2)SC(=Nc2ccccc2)N1c1ccccc1. The van der Waals surface area contributed by atoms with Crippen LogP contribution in [0.15, 0.2) is 136 Å². The Hall–Kier alpha value is -4.13. The molecule has 1 aliphatic rings. The number of ether oxygens (including phenoxy) is 1. The van der Waals surface area contributed by atoms with Crippen LogP contribution >= 0.6 is 27.7 Å². The first kappa shape index (κ1) is 25.2. The lowest BCUT2D eigenvalue weighted by atomic mass is 10.1. The van der Waals surface area contributed by atoms with Crippen LogP contribution in [-0.4, -0.2) is 11.1 Å². The van der Waals surface area contributed by atoms with Gasteiger partial charge in [-0.2, -0.15) is 0 Å². The molecule has 0 N–H and O–H groups in total. The van der Waals surface area contributed by atoms with Gasteiger partial charge >= 0.3 is 0 Å². The van der Waals surface area contributed by atoms with Gasteiger partial charge in [-0.1, -0.05) is 84.9 Å². The monoisotopic (exact) mass is 590 g/mol. The number of para-hydroxylation sites is 2. The van der Waals surface area contributed by atoms with Crippen molar-refractivity contribution in [3.63, 3.8) is 0 Å². The third-order valence-electron chi connectivity index (χ3n) is 6.32. The van der Waals surface area contributed by atoms with Crippen LogP contribution in [0.1, 0.15) is 11.1 Å². The molecule has 6 heteroatoms. The number of hydrogen-bond donors (Lipinski definition) is 0. The molecule has 0 radical (unpaired) electrons. The number of fused-ring (bicyclic) bond motifs is 1. The van der Waals surface area contributed by atoms with E-state index in [1.165, 1.54) is 22.5 Å². The number of carbonyl (C=O) groups is 1. The van der Waals surface area contributed by atoms with Gasteiger partial charge in [-0.25, -0.2) is 4.99 Å². The van der Waals surface area contributed by atoms with Crippen molar-refractivity contribution in [3.8, 4) is 5.75 Å². The van der Waals surface area contributed by atoms with Crippen molar-refractivity contribution >= 4 is 67.0 Å². The fraction of sp³-hybridized carbons (Fsp3) is 0.0303. The second kappa shape index (κ2) is 11.3. The van der Waals surface area contributed by atoms with Crippen molar-refractivity contribution in [1.29, 1.82) is 0 Å². The fourth-order valence-electron chi connectivity index (χ4n) is 4.42. The van der Waals surface area contributed by atoms with Crippen LogP contribution in [0.25, 0.3) is 16.8 Å². The van der Waals surface area contributed by atoms with Gasteiger partial charge in [0.05, 0.1) is 20.8 Å². The number of nitrogens with zero attached hydrogens (tertiary/aromatic N) is 2. The lowest BCUT2D eigenvalue weighted by molar-refractivity contribution is -0.113. The maximum atomic E-state index is 13.5. The van der Waals surface area contributed by atoms with Crippen molar-refractivity contribution in [2.75, 3.05) is 4.90 Å². The van der Waals surface area contributed by atoms with E-state index in [9.17, 15) is 4.79 Å². The number of amidine groups is 1. The largest absolute Gasteiger partial charge is 0.488 e. The van der Waals surface area contributed by atoms with E-state index >= 15 is 0 Å². The minimum atomic E-state index is -0.103. The van der Waals surface area contributed by atoms with Gasteiger partial charge in [-0.15, -0.1) is 0 Å². The first-order valence-electron chi connectivity index (χ1n) is 12.5. The molecular weight excluding hydrogens is 568 g/mol. The molecule has 1 aliphatic heterocycles. The van der Waals surface area contributed by atoms with Gasteiger partial charge in [-0.05, 0) is 92.1 Å². The number of hydrogen-bond acceptors (Lipinski definition) is 4. The predicted molar refractivity (Wildman–Crippen MR) is 165 cm³/mol. The Morgan fingerprint density at radius 2 is 1.54 bits per heavy atom. The Labute approximate surface area is 239 Å². The third kappa shape index (κ3) is 5.53. The third-order valence-corrected chi connectivity index (χ3v) is 7.91. The highest BCUT2D eigenvalue weighted by atomic mass is 79.9. The molecule has 0 saturated carbocycles. The van der Waals surface area contributed by atoms with E-state index in [1.807, 2.05) is 97.1 Å². The molecule has 5 aromatic rings. The molecule has 1 heterocycles. The first-order valence-corrected chi connectivity index (χ1v) is 14.1. The molecule has 0 aliphatic carbocycles. The summed E-state index contributed by atoms with van der Waals surface area (Å²) in [5.74, 6) is 0.640. The normalized spacial score (nSPS) is 15.4. The smallest absolute Gasteiger partial charge is 0.271 e. The molecule has 1 amide bonds. The van der Waals surface area contributed by atoms with Crippen molar-refractivity contribution in [2.45, 2.75) is 6.61 Å². The molecule has 5 aromatic carbocycles. The standard InChI is InChI=1S/C33H23BrN2O2S/c34-29-20-23(18-19-30(29)38-22-25-12-9-11-24-10-7-8-17-28(24)25)21-31-32(37)36(27-15-5-2-6-16-27)33(39-31)35-26-13-3-1-4-14-26/h1-21H,22H2/b31-21+,35-33?. The zero-order chi connectivity index (χ0) is 26.6. The van der Waals surface area contributed by atoms with Crippen LogP contribution in [0.2, 0.25) is 0 Å². The summed E-state index contributed by atoms with van der Waals surface area (Å²) in [7, 11) is 0. The minimum absolute atomic E-state index is 0.103. The molecule has 4 nitrogen and oxygen atoms in total. The van der Waals surface area contributed by atoms with Crippen LogP contribution in [0.5, 0.6) is 5.75 Å². The number of rotatable bonds is 6. The summed E-state index contributed by atoms with van der Waals surface area (Å²) in [5.41, 5.74) is 3.60. The van der Waals surface area contributed by atoms with E-state index in [-0.39, 0.29) is 5.91 Å². The van der Waals surface area contributed by atoms with Gasteiger partial charge in [0, 0.05) is 0 Å². The topological polar surface area (TPSA) is 41.9 Å². The van der Waals surface area contributed by atoms with E-state index in [0.29, 0.717) is 16.7 Å². The summed E-state index contributed by atoms with van der Waals surface area (Å²) >= 11 is 5.03. The number of benzene rings is 5. The Kier molecular flexibility index (Phi) is 7.30. The van der Waals surface area contributed by atoms with E-state index in [4.69, 9.17) is 9.73 Å². The van der Waals surface area contributed by atoms with Crippen molar-refractivity contribution in [2.24, 2.45) is 4.99 Å². The Morgan fingerprint density at radius 3 is 2.33 bits per heavy atom. The summed E-state index contributed by atoms with van der Waals surface area (Å²) in [6, 6.07) is 39.7. The second-order valence-corrected chi connectivity index (χ2v) is 10.8. The van der Waals surface area contributed by atoms with Crippen molar-refractivity contribution < 1.29 is 9.53 Å². The molecule has 6 rings (SSSR count). The lowest BCUT2D eigenvalue weighted by Crippen LogP contribution is -2.28. The average molecular weight is 592 g/mol. The highest BCUT2D eigenvalue weighted by molar-refractivity contribution is 9.10. The number of amides is 1. The molecule has 1 saturated heterocycles. The van der Waals surface area contributed by atoms with Crippen LogP contribution in [0.3, 0.4) is 0 Å². The van der Waals surface area contributed by atoms with Crippen molar-refractivity contribution in [1.82, 2.24) is 0 Å². The lowest BCUT2D eigenvalue weighted by Gasteiger charge is -2.15. The van der Waals surface area contributed by atoms with E-state index < -0.39 is 0 Å². The molecule has 1 fully saturated rings. The van der Waals surface area contributed by atoms with Gasteiger partial charge in [0.2, 0.25) is 0 Å². The minimum Gasteiger partial charge on any atom is -0.488 e. The maximum Gasteiger partial charge on any atom is 0.271 e. The predicted octanol–water partition coefficient (Wildman–Crippen LogP) is 8.99. The number of aliphatic imine (C=N–C) groups is 1. The van der Waals surface area contributed by atoms with Crippen LogP contribution in [0, 0.1) is 0 Å². The molecule has 0 aromatic heterocycles. The molecule has 39 heavy (non-hydrogen) atoms. The van der Waals surface area contributed by atoms with E-state index in [0.717, 1.165) is 32.7 Å². The zero-order valence-corrected chi connectivity index (χ0v) is 23.2. The summed E-state index contributed by atoms with van der Waals surface area (Å²) in [4.78, 5) is 20.6. The zero-order valence-electron chi connectivity index (χ0n) is 20.8. The molecule has 0 unspecified atom stereocenters. The summed E-state index contributed by atoms with van der Waals surface area (Å²) in [5, 5.41) is 3.00. The molecular formula is C33H23BrN2O2S. The fourth-order valence-corrected chi connectivity index (χ4v) is 5.93. The Balaban J connectivity index is 1.25. The Morgan fingerprint density at radius 1 is 0.821 bits per heavy atom. The van der Waals surface area contributed by atoms with Gasteiger partial charge < -0.3 is 4.74 Å². The van der Waals surface area contributed by atoms with Crippen molar-refractivity contribution in [3.05, 3.63) is 142 Å².